The standard InChI is InChI=1S/C17H31N3S/c1-17(2,3)16-14(12-18-13-8-6-7-9-13)21-15(19-16)10-11-20(4)5/h13,18H,6-12H2,1-5H3. The van der Waals surface area contributed by atoms with Crippen molar-refractivity contribution in [2.75, 3.05) is 20.6 Å². The van der Waals surface area contributed by atoms with E-state index in [9.17, 15) is 0 Å². The molecular formula is C17H31N3S. The first-order chi connectivity index (χ1) is 9.86. The molecule has 0 radical (unpaired) electrons. The molecule has 0 bridgehead atoms. The highest BCUT2D eigenvalue weighted by molar-refractivity contribution is 7.11. The van der Waals surface area contributed by atoms with Gasteiger partial charge in [-0.05, 0) is 26.9 Å². The third-order valence-electron chi connectivity index (χ3n) is 4.13. The SMILES string of the molecule is CN(C)CCc1nc(C(C)(C)C)c(CNC2CCCC2)s1. The molecule has 120 valence electrons. The zero-order valence-electron chi connectivity index (χ0n) is 14.3. The minimum absolute atomic E-state index is 0.138. The van der Waals surface area contributed by atoms with Gasteiger partial charge in [0.2, 0.25) is 0 Å². The van der Waals surface area contributed by atoms with Crippen LogP contribution in [0.1, 0.15) is 62.0 Å². The van der Waals surface area contributed by atoms with Crippen molar-refractivity contribution >= 4 is 11.3 Å². The summed E-state index contributed by atoms with van der Waals surface area (Å²) in [6.45, 7) is 8.90. The van der Waals surface area contributed by atoms with Gasteiger partial charge in [-0.2, -0.15) is 0 Å². The lowest BCUT2D eigenvalue weighted by Gasteiger charge is -2.19. The van der Waals surface area contributed by atoms with Crippen LogP contribution in [0.3, 0.4) is 0 Å². The van der Waals surface area contributed by atoms with Crippen LogP contribution in [0.4, 0.5) is 0 Å². The largest absolute Gasteiger partial charge is 0.309 e. The van der Waals surface area contributed by atoms with E-state index in [1.165, 1.54) is 41.3 Å². The van der Waals surface area contributed by atoms with E-state index in [1.807, 2.05) is 11.3 Å². The van der Waals surface area contributed by atoms with Gasteiger partial charge in [0.25, 0.3) is 0 Å². The molecule has 1 aliphatic carbocycles. The molecule has 3 nitrogen and oxygen atoms in total. The van der Waals surface area contributed by atoms with Gasteiger partial charge in [-0.25, -0.2) is 4.98 Å². The molecule has 1 heterocycles. The van der Waals surface area contributed by atoms with Crippen molar-refractivity contribution in [2.45, 2.75) is 70.9 Å². The molecule has 2 rings (SSSR count). The summed E-state index contributed by atoms with van der Waals surface area (Å²) in [6.07, 6.45) is 6.53. The smallest absolute Gasteiger partial charge is 0.0944 e. The summed E-state index contributed by atoms with van der Waals surface area (Å²) in [5.41, 5.74) is 1.44. The number of nitrogens with one attached hydrogen (secondary N) is 1. The van der Waals surface area contributed by atoms with Crippen LogP contribution in [-0.4, -0.2) is 36.6 Å². The fourth-order valence-electron chi connectivity index (χ4n) is 2.90. The Balaban J connectivity index is 2.05. The number of hydrogen-bond donors (Lipinski definition) is 1. The third-order valence-corrected chi connectivity index (χ3v) is 5.25. The molecule has 1 fully saturated rings. The van der Waals surface area contributed by atoms with Gasteiger partial charge >= 0.3 is 0 Å². The van der Waals surface area contributed by atoms with Crippen molar-refractivity contribution in [3.63, 3.8) is 0 Å². The molecule has 0 saturated heterocycles. The second-order valence-electron chi connectivity index (χ2n) is 7.54. The van der Waals surface area contributed by atoms with Gasteiger partial charge in [0.05, 0.1) is 10.7 Å². The molecule has 0 unspecified atom stereocenters. The molecule has 4 heteroatoms. The zero-order valence-corrected chi connectivity index (χ0v) is 15.1. The summed E-state index contributed by atoms with van der Waals surface area (Å²) < 4.78 is 0. The van der Waals surface area contributed by atoms with Gasteiger partial charge in [0.15, 0.2) is 0 Å². The summed E-state index contributed by atoms with van der Waals surface area (Å²) in [7, 11) is 4.25. The molecule has 0 atom stereocenters. The Labute approximate surface area is 134 Å². The summed E-state index contributed by atoms with van der Waals surface area (Å²) >= 11 is 1.91. The quantitative estimate of drug-likeness (QED) is 0.870. The van der Waals surface area contributed by atoms with E-state index in [1.54, 1.807) is 0 Å². The predicted octanol–water partition coefficient (Wildman–Crippen LogP) is 3.58. The zero-order chi connectivity index (χ0) is 15.5. The van der Waals surface area contributed by atoms with Crippen molar-refractivity contribution in [1.82, 2.24) is 15.2 Å². The highest BCUT2D eigenvalue weighted by Gasteiger charge is 2.24. The second kappa shape index (κ2) is 7.21. The fourth-order valence-corrected chi connectivity index (χ4v) is 4.12. The maximum Gasteiger partial charge on any atom is 0.0944 e. The van der Waals surface area contributed by atoms with Crippen molar-refractivity contribution in [3.8, 4) is 0 Å². The first kappa shape index (κ1) is 16.9. The summed E-state index contributed by atoms with van der Waals surface area (Å²) in [5.74, 6) is 0. The van der Waals surface area contributed by atoms with Gasteiger partial charge in [-0.3, -0.25) is 0 Å². The van der Waals surface area contributed by atoms with Crippen LogP contribution in [0.15, 0.2) is 0 Å². The van der Waals surface area contributed by atoms with Crippen LogP contribution in [0.2, 0.25) is 0 Å². The van der Waals surface area contributed by atoms with Crippen molar-refractivity contribution in [1.29, 1.82) is 0 Å². The van der Waals surface area contributed by atoms with Crippen LogP contribution < -0.4 is 5.32 Å². The maximum absolute atomic E-state index is 4.95. The fraction of sp³-hybridized carbons (Fsp3) is 0.824. The molecule has 1 aliphatic rings. The van der Waals surface area contributed by atoms with Crippen molar-refractivity contribution in [2.24, 2.45) is 0 Å². The van der Waals surface area contributed by atoms with Crippen LogP contribution in [0, 0.1) is 0 Å². The number of rotatable bonds is 6. The van der Waals surface area contributed by atoms with Crippen molar-refractivity contribution < 1.29 is 0 Å². The average Bonchev–Trinajstić information content (AvgIpc) is 3.02. The Morgan fingerprint density at radius 2 is 1.90 bits per heavy atom. The minimum Gasteiger partial charge on any atom is -0.309 e. The molecule has 0 amide bonds. The Bertz CT molecular complexity index is 439. The first-order valence-corrected chi connectivity index (χ1v) is 9.05. The number of thiazole rings is 1. The van der Waals surface area contributed by atoms with Crippen LogP contribution in [0.5, 0.6) is 0 Å². The van der Waals surface area contributed by atoms with Gasteiger partial charge < -0.3 is 10.2 Å². The lowest BCUT2D eigenvalue weighted by Crippen LogP contribution is -2.26. The molecule has 1 aromatic rings. The van der Waals surface area contributed by atoms with Crippen LogP contribution in [0.25, 0.3) is 0 Å². The highest BCUT2D eigenvalue weighted by atomic mass is 32.1. The molecule has 0 aromatic carbocycles. The van der Waals surface area contributed by atoms with E-state index < -0.39 is 0 Å². The highest BCUT2D eigenvalue weighted by Crippen LogP contribution is 2.30. The molecule has 1 aromatic heterocycles. The molecular weight excluding hydrogens is 278 g/mol. The van der Waals surface area contributed by atoms with E-state index in [0.29, 0.717) is 0 Å². The predicted molar refractivity (Wildman–Crippen MR) is 92.2 cm³/mol. The topological polar surface area (TPSA) is 28.2 Å². The Hall–Kier alpha value is -0.450. The summed E-state index contributed by atoms with van der Waals surface area (Å²) in [5, 5.41) is 5.04. The number of likely N-dealkylation sites (N-methyl/N-ethyl adjacent to an activating group) is 1. The molecule has 0 spiro atoms. The Kier molecular flexibility index (Phi) is 5.81. The number of hydrogen-bond acceptors (Lipinski definition) is 4. The minimum atomic E-state index is 0.138. The van der Waals surface area contributed by atoms with Gasteiger partial charge in [-0.15, -0.1) is 11.3 Å². The maximum atomic E-state index is 4.95. The van der Waals surface area contributed by atoms with Gasteiger partial charge in [0.1, 0.15) is 0 Å². The summed E-state index contributed by atoms with van der Waals surface area (Å²) in [6, 6.07) is 0.727. The Morgan fingerprint density at radius 3 is 2.48 bits per heavy atom. The lowest BCUT2D eigenvalue weighted by atomic mass is 9.91. The van der Waals surface area contributed by atoms with Gasteiger partial charge in [0, 0.05) is 35.8 Å². The lowest BCUT2D eigenvalue weighted by molar-refractivity contribution is 0.413. The first-order valence-electron chi connectivity index (χ1n) is 8.23. The number of nitrogens with zero attached hydrogens (tertiary/aromatic N) is 2. The molecule has 1 saturated carbocycles. The summed E-state index contributed by atoms with van der Waals surface area (Å²) in [4.78, 5) is 8.63. The van der Waals surface area contributed by atoms with E-state index in [2.05, 4.69) is 45.1 Å². The van der Waals surface area contributed by atoms with E-state index >= 15 is 0 Å². The average molecular weight is 310 g/mol. The monoisotopic (exact) mass is 309 g/mol. The van der Waals surface area contributed by atoms with Crippen LogP contribution in [-0.2, 0) is 18.4 Å². The molecule has 1 N–H and O–H groups in total. The van der Waals surface area contributed by atoms with E-state index in [-0.39, 0.29) is 5.41 Å². The molecule has 0 aliphatic heterocycles. The second-order valence-corrected chi connectivity index (χ2v) is 8.71. The van der Waals surface area contributed by atoms with Crippen LogP contribution >= 0.6 is 11.3 Å². The Morgan fingerprint density at radius 1 is 1.24 bits per heavy atom. The molecule has 21 heavy (non-hydrogen) atoms. The number of aromatic nitrogens is 1. The van der Waals surface area contributed by atoms with E-state index in [4.69, 9.17) is 4.98 Å². The van der Waals surface area contributed by atoms with E-state index in [0.717, 1.165) is 25.6 Å². The van der Waals surface area contributed by atoms with Gasteiger partial charge in [-0.1, -0.05) is 33.6 Å². The van der Waals surface area contributed by atoms with Crippen molar-refractivity contribution in [3.05, 3.63) is 15.6 Å². The normalized spacial score (nSPS) is 17.0. The third kappa shape index (κ3) is 5.04.